The van der Waals surface area contributed by atoms with E-state index in [4.69, 9.17) is 0 Å². The maximum Gasteiger partial charge on any atom is 0.406 e. The number of fused-ring (bicyclic) bond motifs is 3. The molecule has 0 radical (unpaired) electrons. The minimum absolute atomic E-state index is 0.119. The SMILES string of the molecule is O=C1N(CC(F)(F)F)c2cc([C@H]3C[C@@H]3c3cc(-c4c[nH]c(=O)[nH]c4=O)nn4ccnc34)c(F)cc2C12CC2. The maximum absolute atomic E-state index is 15.4. The van der Waals surface area contributed by atoms with Gasteiger partial charge in [0.05, 0.1) is 16.7 Å². The standard InChI is InChI=1S/C25H18F4N6O3/c26-17-8-16-19(34(10-25(27,28)29)22(37)24(16)1-2-24)7-13(17)11-5-12(11)14-6-18(33-35-4-3-30-20(14)35)15-9-31-23(38)32-21(15)36/h3-4,6-9,11-12H,1-2,5,10H2,(H2,31,32,36,38)/t11-,12-/m0/s1. The molecule has 1 aliphatic heterocycles. The molecule has 4 aromatic rings. The number of benzene rings is 1. The van der Waals surface area contributed by atoms with Gasteiger partial charge in [-0.3, -0.25) is 14.6 Å². The number of nitrogens with one attached hydrogen (secondary N) is 2. The molecule has 3 aromatic heterocycles. The summed E-state index contributed by atoms with van der Waals surface area (Å²) >= 11 is 0. The molecule has 194 valence electrons. The van der Waals surface area contributed by atoms with Gasteiger partial charge in [-0.25, -0.2) is 18.7 Å². The minimum atomic E-state index is -4.59. The highest BCUT2D eigenvalue weighted by atomic mass is 19.4. The minimum Gasteiger partial charge on any atom is -0.313 e. The van der Waals surface area contributed by atoms with E-state index >= 15 is 4.39 Å². The van der Waals surface area contributed by atoms with Gasteiger partial charge in [0.2, 0.25) is 5.91 Å². The molecule has 2 fully saturated rings. The number of rotatable bonds is 4. The van der Waals surface area contributed by atoms with Crippen LogP contribution in [0, 0.1) is 5.82 Å². The molecule has 7 rings (SSSR count). The Hall–Kier alpha value is -4.29. The number of anilines is 1. The van der Waals surface area contributed by atoms with Crippen molar-refractivity contribution in [2.75, 3.05) is 11.4 Å². The normalized spacial score (nSPS) is 21.4. The van der Waals surface area contributed by atoms with Crippen LogP contribution in [0.3, 0.4) is 0 Å². The molecule has 3 aliphatic rings. The van der Waals surface area contributed by atoms with E-state index in [1.54, 1.807) is 12.3 Å². The van der Waals surface area contributed by atoms with Gasteiger partial charge in [0.15, 0.2) is 5.65 Å². The third kappa shape index (κ3) is 3.33. The molecule has 2 aliphatic carbocycles. The lowest BCUT2D eigenvalue weighted by atomic mass is 9.94. The molecular formula is C25H18F4N6O3. The highest BCUT2D eigenvalue weighted by Crippen LogP contribution is 2.61. The Kier molecular flexibility index (Phi) is 4.45. The van der Waals surface area contributed by atoms with Gasteiger partial charge in [-0.15, -0.1) is 0 Å². The van der Waals surface area contributed by atoms with Crippen LogP contribution in [0.1, 0.15) is 47.8 Å². The van der Waals surface area contributed by atoms with Crippen molar-refractivity contribution in [2.45, 2.75) is 42.7 Å². The number of hydrogen-bond acceptors (Lipinski definition) is 5. The highest BCUT2D eigenvalue weighted by Gasteiger charge is 2.61. The number of carbonyl (C=O) groups is 1. The zero-order valence-corrected chi connectivity index (χ0v) is 19.5. The number of nitrogens with zero attached hydrogens (tertiary/aromatic N) is 4. The van der Waals surface area contributed by atoms with Crippen LogP contribution < -0.4 is 16.1 Å². The van der Waals surface area contributed by atoms with E-state index < -0.39 is 41.1 Å². The number of amides is 1. The van der Waals surface area contributed by atoms with Crippen LogP contribution in [0.5, 0.6) is 0 Å². The van der Waals surface area contributed by atoms with E-state index in [2.05, 4.69) is 20.1 Å². The number of aromatic nitrogens is 5. The van der Waals surface area contributed by atoms with Crippen LogP contribution in [-0.2, 0) is 10.2 Å². The fourth-order valence-electron chi connectivity index (χ4n) is 5.72. The summed E-state index contributed by atoms with van der Waals surface area (Å²) in [5.41, 5.74) is -0.107. The first kappa shape index (κ1) is 22.9. The first-order chi connectivity index (χ1) is 18.1. The van der Waals surface area contributed by atoms with Gasteiger partial charge >= 0.3 is 11.9 Å². The fraction of sp³-hybridized carbons (Fsp3) is 0.320. The number of carbonyl (C=O) groups excluding carboxylic acids is 1. The molecule has 38 heavy (non-hydrogen) atoms. The van der Waals surface area contributed by atoms with Crippen LogP contribution in [-0.4, -0.2) is 43.2 Å². The Morgan fingerprint density at radius 2 is 1.84 bits per heavy atom. The largest absolute Gasteiger partial charge is 0.406 e. The monoisotopic (exact) mass is 526 g/mol. The number of alkyl halides is 3. The van der Waals surface area contributed by atoms with Crippen molar-refractivity contribution in [2.24, 2.45) is 0 Å². The van der Waals surface area contributed by atoms with Gasteiger partial charge in [-0.1, -0.05) is 0 Å². The summed E-state index contributed by atoms with van der Waals surface area (Å²) in [5, 5.41) is 4.39. The third-order valence-corrected chi connectivity index (χ3v) is 7.74. The summed E-state index contributed by atoms with van der Waals surface area (Å²) in [5.74, 6) is -1.81. The summed E-state index contributed by atoms with van der Waals surface area (Å²) in [6.45, 7) is -1.42. The fourth-order valence-corrected chi connectivity index (χ4v) is 5.72. The molecule has 0 saturated heterocycles. The van der Waals surface area contributed by atoms with Crippen molar-refractivity contribution in [1.82, 2.24) is 24.6 Å². The summed E-state index contributed by atoms with van der Waals surface area (Å²) in [6, 6.07) is 4.27. The second kappa shape index (κ2) is 7.39. The molecule has 0 unspecified atom stereocenters. The van der Waals surface area contributed by atoms with E-state index in [0.29, 0.717) is 36.0 Å². The maximum atomic E-state index is 15.4. The second-order valence-corrected chi connectivity index (χ2v) is 10.1. The smallest absolute Gasteiger partial charge is 0.313 e. The Bertz CT molecular complexity index is 1780. The first-order valence-corrected chi connectivity index (χ1v) is 11.9. The van der Waals surface area contributed by atoms with Crippen LogP contribution in [0.15, 0.2) is 46.4 Å². The van der Waals surface area contributed by atoms with Gasteiger partial charge in [0, 0.05) is 29.8 Å². The third-order valence-electron chi connectivity index (χ3n) is 7.74. The lowest BCUT2D eigenvalue weighted by molar-refractivity contribution is -0.132. The van der Waals surface area contributed by atoms with Crippen molar-refractivity contribution in [3.8, 4) is 11.3 Å². The van der Waals surface area contributed by atoms with Crippen molar-refractivity contribution >= 4 is 17.2 Å². The van der Waals surface area contributed by atoms with Gasteiger partial charge in [0.1, 0.15) is 12.4 Å². The summed E-state index contributed by atoms with van der Waals surface area (Å²) in [6.07, 6.45) is 1.06. The summed E-state index contributed by atoms with van der Waals surface area (Å²) in [7, 11) is 0. The second-order valence-electron chi connectivity index (χ2n) is 10.1. The predicted molar refractivity (Wildman–Crippen MR) is 125 cm³/mol. The van der Waals surface area contributed by atoms with Crippen LogP contribution in [0.4, 0.5) is 23.2 Å². The van der Waals surface area contributed by atoms with Crippen molar-refractivity contribution in [1.29, 1.82) is 0 Å². The van der Waals surface area contributed by atoms with Gasteiger partial charge < -0.3 is 9.88 Å². The Morgan fingerprint density at radius 1 is 1.08 bits per heavy atom. The molecule has 4 heterocycles. The van der Waals surface area contributed by atoms with Crippen molar-refractivity contribution < 1.29 is 22.4 Å². The molecular weight excluding hydrogens is 508 g/mol. The number of halogens is 4. The number of imidazole rings is 1. The molecule has 1 aromatic carbocycles. The zero-order chi connectivity index (χ0) is 26.6. The quantitative estimate of drug-likeness (QED) is 0.397. The number of aromatic amines is 2. The van der Waals surface area contributed by atoms with E-state index in [-0.39, 0.29) is 34.3 Å². The van der Waals surface area contributed by atoms with E-state index in [1.807, 2.05) is 0 Å². The van der Waals surface area contributed by atoms with E-state index in [9.17, 15) is 27.6 Å². The average molecular weight is 526 g/mol. The number of hydrogen-bond donors (Lipinski definition) is 2. The molecule has 2 saturated carbocycles. The van der Waals surface area contributed by atoms with Crippen LogP contribution >= 0.6 is 0 Å². The summed E-state index contributed by atoms with van der Waals surface area (Å²) < 4.78 is 56.8. The molecule has 9 nitrogen and oxygen atoms in total. The van der Waals surface area contributed by atoms with Crippen molar-refractivity contribution in [3.05, 3.63) is 80.1 Å². The van der Waals surface area contributed by atoms with Gasteiger partial charge in [0.25, 0.3) is 5.56 Å². The summed E-state index contributed by atoms with van der Waals surface area (Å²) in [4.78, 5) is 46.3. The van der Waals surface area contributed by atoms with E-state index in [0.717, 1.165) is 4.90 Å². The highest BCUT2D eigenvalue weighted by molar-refractivity contribution is 6.10. The van der Waals surface area contributed by atoms with Gasteiger partial charge in [-0.05, 0) is 60.4 Å². The topological polar surface area (TPSA) is 116 Å². The molecule has 2 atom stereocenters. The molecule has 2 N–H and O–H groups in total. The van der Waals surface area contributed by atoms with Gasteiger partial charge in [-0.2, -0.15) is 18.3 Å². The van der Waals surface area contributed by atoms with Crippen LogP contribution in [0.25, 0.3) is 16.9 Å². The zero-order valence-electron chi connectivity index (χ0n) is 19.5. The molecule has 1 spiro atoms. The Balaban J connectivity index is 1.29. The first-order valence-electron chi connectivity index (χ1n) is 11.9. The lowest BCUT2D eigenvalue weighted by Gasteiger charge is -2.20. The molecule has 1 amide bonds. The lowest BCUT2D eigenvalue weighted by Crippen LogP contribution is -2.39. The predicted octanol–water partition coefficient (Wildman–Crippen LogP) is 3.12. The van der Waals surface area contributed by atoms with Crippen LogP contribution in [0.2, 0.25) is 0 Å². The van der Waals surface area contributed by atoms with E-state index in [1.165, 1.54) is 29.0 Å². The molecule has 13 heteroatoms. The average Bonchev–Trinajstić information content (AvgIpc) is 3.75. The molecule has 0 bridgehead atoms. The Labute approximate surface area is 210 Å². The number of H-pyrrole nitrogens is 2. The van der Waals surface area contributed by atoms with Crippen molar-refractivity contribution in [3.63, 3.8) is 0 Å². The Morgan fingerprint density at radius 3 is 2.55 bits per heavy atom.